The van der Waals surface area contributed by atoms with Crippen molar-refractivity contribution in [3.8, 4) is 0 Å². The number of aliphatic imine (C=N–C) groups is 1. The second kappa shape index (κ2) is 12.6. The molecule has 0 aliphatic rings. The molecular weight excluding hydrogens is 396 g/mol. The highest BCUT2D eigenvalue weighted by atomic mass is 127. The Morgan fingerprint density at radius 1 is 1.27 bits per heavy atom. The minimum atomic E-state index is -0.183. The Morgan fingerprint density at radius 2 is 2.05 bits per heavy atom. The first-order valence-corrected chi connectivity index (χ1v) is 7.52. The van der Waals surface area contributed by atoms with Crippen molar-refractivity contribution in [1.29, 1.82) is 0 Å². The lowest BCUT2D eigenvalue weighted by Crippen LogP contribution is -2.38. The van der Waals surface area contributed by atoms with Gasteiger partial charge in [0, 0.05) is 26.3 Å². The molecule has 0 heterocycles. The normalized spacial score (nSPS) is 11.0. The second-order valence-electron chi connectivity index (χ2n) is 4.76. The van der Waals surface area contributed by atoms with Crippen molar-refractivity contribution in [2.45, 2.75) is 33.7 Å². The van der Waals surface area contributed by atoms with E-state index < -0.39 is 0 Å². The molecule has 6 heteroatoms. The molecule has 126 valence electrons. The van der Waals surface area contributed by atoms with Crippen LogP contribution < -0.4 is 10.6 Å². The largest absolute Gasteiger partial charge is 0.382 e. The number of guanidine groups is 1. The van der Waals surface area contributed by atoms with E-state index in [9.17, 15) is 4.39 Å². The van der Waals surface area contributed by atoms with Gasteiger partial charge in [-0.2, -0.15) is 0 Å². The van der Waals surface area contributed by atoms with Crippen molar-refractivity contribution in [2.24, 2.45) is 4.99 Å². The van der Waals surface area contributed by atoms with Gasteiger partial charge in [-0.3, -0.25) is 0 Å². The fraction of sp³-hybridized carbons (Fsp3) is 0.562. The molecular formula is C16H27FIN3O. The van der Waals surface area contributed by atoms with Crippen LogP contribution in [0.25, 0.3) is 0 Å². The number of halogens is 2. The van der Waals surface area contributed by atoms with Crippen LogP contribution >= 0.6 is 24.0 Å². The van der Waals surface area contributed by atoms with Crippen LogP contribution in [0.3, 0.4) is 0 Å². The zero-order chi connectivity index (χ0) is 15.5. The summed E-state index contributed by atoms with van der Waals surface area (Å²) >= 11 is 0. The molecule has 0 unspecified atom stereocenters. The minimum absolute atomic E-state index is 0. The number of ether oxygens (including phenoxy) is 1. The summed E-state index contributed by atoms with van der Waals surface area (Å²) in [5.74, 6) is 0.562. The maximum atomic E-state index is 13.5. The second-order valence-corrected chi connectivity index (χ2v) is 4.76. The Kier molecular flexibility index (Phi) is 12.1. The van der Waals surface area contributed by atoms with E-state index in [2.05, 4.69) is 15.6 Å². The fourth-order valence-electron chi connectivity index (χ4n) is 1.77. The number of benzene rings is 1. The minimum Gasteiger partial charge on any atom is -0.382 e. The standard InChI is InChI=1S/C16H26FN3O.HI/c1-4-18-16(19-9-6-10-21-5-2)20-12-14-8-7-13(3)15(17)11-14;/h7-8,11H,4-6,9-10,12H2,1-3H3,(H2,18,19,20);1H. The van der Waals surface area contributed by atoms with Crippen molar-refractivity contribution in [1.82, 2.24) is 10.6 Å². The van der Waals surface area contributed by atoms with E-state index in [1.165, 1.54) is 6.07 Å². The number of nitrogens with one attached hydrogen (secondary N) is 2. The van der Waals surface area contributed by atoms with Gasteiger partial charge in [-0.15, -0.1) is 24.0 Å². The number of hydrogen-bond acceptors (Lipinski definition) is 2. The Labute approximate surface area is 149 Å². The highest BCUT2D eigenvalue weighted by molar-refractivity contribution is 14.0. The quantitative estimate of drug-likeness (QED) is 0.292. The number of rotatable bonds is 8. The van der Waals surface area contributed by atoms with Crippen molar-refractivity contribution in [3.05, 3.63) is 35.1 Å². The molecule has 2 N–H and O–H groups in total. The lowest BCUT2D eigenvalue weighted by atomic mass is 10.1. The van der Waals surface area contributed by atoms with Crippen molar-refractivity contribution in [3.63, 3.8) is 0 Å². The molecule has 0 spiro atoms. The summed E-state index contributed by atoms with van der Waals surface area (Å²) in [4.78, 5) is 4.46. The summed E-state index contributed by atoms with van der Waals surface area (Å²) in [5, 5.41) is 6.42. The van der Waals surface area contributed by atoms with Gasteiger partial charge in [-0.25, -0.2) is 9.38 Å². The lowest BCUT2D eigenvalue weighted by molar-refractivity contribution is 0.145. The summed E-state index contributed by atoms with van der Waals surface area (Å²) in [7, 11) is 0. The van der Waals surface area contributed by atoms with Crippen molar-refractivity contribution < 1.29 is 9.13 Å². The summed E-state index contributed by atoms with van der Waals surface area (Å²) in [5.41, 5.74) is 1.52. The first-order chi connectivity index (χ1) is 10.2. The Hall–Kier alpha value is -0.890. The number of nitrogens with zero attached hydrogens (tertiary/aromatic N) is 1. The first-order valence-electron chi connectivity index (χ1n) is 7.52. The molecule has 1 aromatic rings. The molecule has 0 fully saturated rings. The Morgan fingerprint density at radius 3 is 2.68 bits per heavy atom. The predicted octanol–water partition coefficient (Wildman–Crippen LogP) is 3.23. The average Bonchev–Trinajstić information content (AvgIpc) is 2.48. The summed E-state index contributed by atoms with van der Waals surface area (Å²) < 4.78 is 18.8. The van der Waals surface area contributed by atoms with Gasteiger partial charge in [0.1, 0.15) is 5.82 Å². The van der Waals surface area contributed by atoms with E-state index in [0.717, 1.165) is 44.2 Å². The topological polar surface area (TPSA) is 45.7 Å². The lowest BCUT2D eigenvalue weighted by Gasteiger charge is -2.11. The van der Waals surface area contributed by atoms with Gasteiger partial charge < -0.3 is 15.4 Å². The molecule has 0 amide bonds. The maximum absolute atomic E-state index is 13.5. The molecule has 0 aliphatic carbocycles. The molecule has 0 aliphatic heterocycles. The number of aryl methyl sites for hydroxylation is 1. The van der Waals surface area contributed by atoms with E-state index in [0.29, 0.717) is 12.1 Å². The summed E-state index contributed by atoms with van der Waals surface area (Å²) in [6.45, 7) is 9.29. The zero-order valence-electron chi connectivity index (χ0n) is 13.6. The van der Waals surface area contributed by atoms with Crippen LogP contribution in [0, 0.1) is 12.7 Å². The molecule has 0 saturated carbocycles. The smallest absolute Gasteiger partial charge is 0.191 e. The molecule has 0 radical (unpaired) electrons. The molecule has 1 aromatic carbocycles. The van der Waals surface area contributed by atoms with Gasteiger partial charge in [0.15, 0.2) is 5.96 Å². The molecule has 22 heavy (non-hydrogen) atoms. The third kappa shape index (κ3) is 8.53. The van der Waals surface area contributed by atoms with Crippen LogP contribution in [0.1, 0.15) is 31.4 Å². The highest BCUT2D eigenvalue weighted by Crippen LogP contribution is 2.09. The van der Waals surface area contributed by atoms with Gasteiger partial charge in [0.2, 0.25) is 0 Å². The van der Waals surface area contributed by atoms with E-state index in [1.54, 1.807) is 13.0 Å². The van der Waals surface area contributed by atoms with Crippen LogP contribution in [0.4, 0.5) is 4.39 Å². The zero-order valence-corrected chi connectivity index (χ0v) is 15.9. The Balaban J connectivity index is 0.00000441. The average molecular weight is 423 g/mol. The van der Waals surface area contributed by atoms with Gasteiger partial charge in [0.05, 0.1) is 6.54 Å². The van der Waals surface area contributed by atoms with E-state index in [4.69, 9.17) is 4.74 Å². The summed E-state index contributed by atoms with van der Waals surface area (Å²) in [6.07, 6.45) is 0.928. The van der Waals surface area contributed by atoms with Crippen molar-refractivity contribution in [2.75, 3.05) is 26.3 Å². The molecule has 0 atom stereocenters. The van der Waals surface area contributed by atoms with Crippen LogP contribution in [0.5, 0.6) is 0 Å². The highest BCUT2D eigenvalue weighted by Gasteiger charge is 2.00. The molecule has 4 nitrogen and oxygen atoms in total. The van der Waals surface area contributed by atoms with Crippen LogP contribution in [-0.2, 0) is 11.3 Å². The molecule has 0 aromatic heterocycles. The third-order valence-corrected chi connectivity index (χ3v) is 2.96. The summed E-state index contributed by atoms with van der Waals surface area (Å²) in [6, 6.07) is 5.22. The van der Waals surface area contributed by atoms with Crippen LogP contribution in [0.2, 0.25) is 0 Å². The monoisotopic (exact) mass is 423 g/mol. The first kappa shape index (κ1) is 21.1. The van der Waals surface area contributed by atoms with E-state index in [-0.39, 0.29) is 29.8 Å². The van der Waals surface area contributed by atoms with E-state index >= 15 is 0 Å². The SMILES string of the molecule is CCNC(=NCc1ccc(C)c(F)c1)NCCCOCC.I. The van der Waals surface area contributed by atoms with E-state index in [1.807, 2.05) is 19.9 Å². The van der Waals surface area contributed by atoms with Gasteiger partial charge >= 0.3 is 0 Å². The Bertz CT molecular complexity index is 455. The van der Waals surface area contributed by atoms with Gasteiger partial charge in [-0.05, 0) is 44.4 Å². The van der Waals surface area contributed by atoms with Crippen molar-refractivity contribution >= 4 is 29.9 Å². The molecule has 0 bridgehead atoms. The molecule has 1 rings (SSSR count). The maximum Gasteiger partial charge on any atom is 0.191 e. The third-order valence-electron chi connectivity index (χ3n) is 2.96. The van der Waals surface area contributed by atoms with Crippen LogP contribution in [-0.4, -0.2) is 32.3 Å². The molecule has 0 saturated heterocycles. The fourth-order valence-corrected chi connectivity index (χ4v) is 1.77. The predicted molar refractivity (Wildman–Crippen MR) is 100 cm³/mol. The van der Waals surface area contributed by atoms with Crippen LogP contribution in [0.15, 0.2) is 23.2 Å². The van der Waals surface area contributed by atoms with Gasteiger partial charge in [0.25, 0.3) is 0 Å². The number of hydrogen-bond donors (Lipinski definition) is 2. The van der Waals surface area contributed by atoms with Gasteiger partial charge in [-0.1, -0.05) is 12.1 Å².